The van der Waals surface area contributed by atoms with Crippen LogP contribution in [0.25, 0.3) is 0 Å². The molecule has 13 heteroatoms. The third kappa shape index (κ3) is 8.97. The van der Waals surface area contributed by atoms with E-state index in [1.165, 1.54) is 17.8 Å². The summed E-state index contributed by atoms with van der Waals surface area (Å²) in [5, 5.41) is 29.6. The Kier molecular flexibility index (Phi) is 11.1. The van der Waals surface area contributed by atoms with Crippen LogP contribution in [0, 0.1) is 20.2 Å². The van der Waals surface area contributed by atoms with E-state index in [1.54, 1.807) is 60.7 Å². The fraction of sp³-hybridized carbons (Fsp3) is 0.129. The monoisotopic (exact) mass is 613 g/mol. The van der Waals surface area contributed by atoms with Crippen LogP contribution >= 0.6 is 11.8 Å². The van der Waals surface area contributed by atoms with Crippen molar-refractivity contribution in [2.45, 2.75) is 11.8 Å². The second kappa shape index (κ2) is 15.6. The van der Waals surface area contributed by atoms with Crippen molar-refractivity contribution in [1.82, 2.24) is 5.32 Å². The van der Waals surface area contributed by atoms with Crippen LogP contribution in [0.2, 0.25) is 0 Å². The van der Waals surface area contributed by atoms with Gasteiger partial charge in [-0.25, -0.2) is 4.79 Å². The topological polar surface area (TPSA) is 166 Å². The Morgan fingerprint density at radius 3 is 2.05 bits per heavy atom. The third-order valence-corrected chi connectivity index (χ3v) is 7.29. The predicted molar refractivity (Wildman–Crippen MR) is 168 cm³/mol. The van der Waals surface area contributed by atoms with E-state index in [9.17, 15) is 29.8 Å². The molecule has 2 N–H and O–H groups in total. The average molecular weight is 614 g/mol. The zero-order valence-corrected chi connectivity index (χ0v) is 24.0. The molecule has 1 atom stereocenters. The number of ether oxygens (including phenoxy) is 1. The van der Waals surface area contributed by atoms with Gasteiger partial charge >= 0.3 is 11.7 Å². The van der Waals surface area contributed by atoms with Gasteiger partial charge in [-0.3, -0.25) is 30.4 Å². The lowest BCUT2D eigenvalue weighted by molar-refractivity contribution is -0.393. The van der Waals surface area contributed by atoms with Gasteiger partial charge in [-0.15, -0.1) is 0 Å². The summed E-state index contributed by atoms with van der Waals surface area (Å²) < 4.78 is 5.62. The molecule has 44 heavy (non-hydrogen) atoms. The molecule has 0 heterocycles. The SMILES string of the molecule is O=C(NC(CSCc1ccccc1)C(=O)OCC(=NNc1ccc([N+](=O)[O-])cc1[N+](=O)[O-])c1ccccc1)c1ccccc1. The van der Waals surface area contributed by atoms with Gasteiger partial charge in [0.2, 0.25) is 0 Å². The number of esters is 1. The number of non-ortho nitro benzene ring substituents is 1. The first-order valence-electron chi connectivity index (χ1n) is 13.3. The first kappa shape index (κ1) is 31.4. The number of nitro benzene ring substituents is 2. The van der Waals surface area contributed by atoms with Crippen molar-refractivity contribution in [1.29, 1.82) is 0 Å². The van der Waals surface area contributed by atoms with E-state index in [0.717, 1.165) is 17.7 Å². The standard InChI is InChI=1S/C31H27N5O7S/c37-30(24-14-8-3-9-15-24)32-28(21-44-20-22-10-4-1-5-11-22)31(38)43-19-27(23-12-6-2-7-13-23)34-33-26-17-16-25(35(39)40)18-29(26)36(41)42/h1-18,28,33H,19-21H2,(H,32,37). The molecule has 0 saturated carbocycles. The molecular weight excluding hydrogens is 586 g/mol. The van der Waals surface area contributed by atoms with E-state index < -0.39 is 39.1 Å². The molecule has 4 aromatic carbocycles. The largest absolute Gasteiger partial charge is 0.458 e. The summed E-state index contributed by atoms with van der Waals surface area (Å²) in [6, 6.07) is 29.0. The zero-order valence-electron chi connectivity index (χ0n) is 23.2. The summed E-state index contributed by atoms with van der Waals surface area (Å²) in [6.45, 7) is -0.336. The number of benzene rings is 4. The second-order valence-corrected chi connectivity index (χ2v) is 10.3. The van der Waals surface area contributed by atoms with Gasteiger partial charge < -0.3 is 10.1 Å². The summed E-state index contributed by atoms with van der Waals surface area (Å²) in [6.07, 6.45) is 0. The fourth-order valence-electron chi connectivity index (χ4n) is 3.93. The van der Waals surface area contributed by atoms with Crippen LogP contribution in [0.1, 0.15) is 21.5 Å². The Morgan fingerprint density at radius 1 is 0.818 bits per heavy atom. The van der Waals surface area contributed by atoms with Crippen molar-refractivity contribution in [3.63, 3.8) is 0 Å². The van der Waals surface area contributed by atoms with Gasteiger partial charge in [0.05, 0.1) is 15.9 Å². The molecule has 1 unspecified atom stereocenters. The predicted octanol–water partition coefficient (Wildman–Crippen LogP) is 5.59. The van der Waals surface area contributed by atoms with Crippen LogP contribution in [-0.2, 0) is 15.3 Å². The maximum Gasteiger partial charge on any atom is 0.329 e. The highest BCUT2D eigenvalue weighted by Gasteiger charge is 2.24. The Morgan fingerprint density at radius 2 is 1.43 bits per heavy atom. The number of carbonyl (C=O) groups excluding carboxylic acids is 2. The van der Waals surface area contributed by atoms with Gasteiger partial charge in [0.15, 0.2) is 0 Å². The number of thioether (sulfide) groups is 1. The zero-order chi connectivity index (χ0) is 31.3. The van der Waals surface area contributed by atoms with E-state index in [0.29, 0.717) is 16.9 Å². The van der Waals surface area contributed by atoms with Crippen molar-refractivity contribution >= 4 is 46.4 Å². The quantitative estimate of drug-likeness (QED) is 0.0797. The van der Waals surface area contributed by atoms with E-state index in [4.69, 9.17) is 4.74 Å². The summed E-state index contributed by atoms with van der Waals surface area (Å²) >= 11 is 1.46. The maximum absolute atomic E-state index is 13.3. The number of nitrogens with zero attached hydrogens (tertiary/aromatic N) is 3. The van der Waals surface area contributed by atoms with Gasteiger partial charge in [-0.05, 0) is 23.8 Å². The number of hydrogen-bond donors (Lipinski definition) is 2. The van der Waals surface area contributed by atoms with E-state index in [-0.39, 0.29) is 23.8 Å². The molecular formula is C31H27N5O7S. The third-order valence-electron chi connectivity index (χ3n) is 6.18. The van der Waals surface area contributed by atoms with Crippen LogP contribution in [0.4, 0.5) is 17.1 Å². The van der Waals surface area contributed by atoms with Crippen molar-refractivity contribution in [2.24, 2.45) is 5.10 Å². The normalized spacial score (nSPS) is 11.7. The lowest BCUT2D eigenvalue weighted by Crippen LogP contribution is -2.44. The Balaban J connectivity index is 1.52. The Bertz CT molecular complexity index is 1640. The van der Waals surface area contributed by atoms with Gasteiger partial charge in [0.1, 0.15) is 24.0 Å². The van der Waals surface area contributed by atoms with Crippen molar-refractivity contribution in [3.8, 4) is 0 Å². The number of nitrogens with one attached hydrogen (secondary N) is 2. The van der Waals surface area contributed by atoms with Gasteiger partial charge in [0, 0.05) is 28.7 Å². The molecule has 0 spiro atoms. The fourth-order valence-corrected chi connectivity index (χ4v) is 4.93. The highest BCUT2D eigenvalue weighted by Crippen LogP contribution is 2.29. The molecule has 0 aliphatic rings. The number of rotatable bonds is 14. The lowest BCUT2D eigenvalue weighted by atomic mass is 10.1. The minimum absolute atomic E-state index is 0.0920. The molecule has 224 valence electrons. The molecule has 0 aromatic heterocycles. The molecule has 12 nitrogen and oxygen atoms in total. The molecule has 4 rings (SSSR count). The smallest absolute Gasteiger partial charge is 0.329 e. The van der Waals surface area contributed by atoms with E-state index in [2.05, 4.69) is 15.8 Å². The van der Waals surface area contributed by atoms with Crippen LogP contribution < -0.4 is 10.7 Å². The number of hydrogen-bond acceptors (Lipinski definition) is 10. The Labute approximate surface area is 256 Å². The minimum atomic E-state index is -0.989. The molecule has 0 bridgehead atoms. The second-order valence-electron chi connectivity index (χ2n) is 9.25. The average Bonchev–Trinajstić information content (AvgIpc) is 3.05. The number of nitro groups is 2. The summed E-state index contributed by atoms with van der Waals surface area (Å²) in [5.41, 5.74) is 3.71. The number of hydrazone groups is 1. The molecule has 0 fully saturated rings. The van der Waals surface area contributed by atoms with Crippen LogP contribution in [0.3, 0.4) is 0 Å². The van der Waals surface area contributed by atoms with Crippen LogP contribution in [0.5, 0.6) is 0 Å². The molecule has 4 aromatic rings. The highest BCUT2D eigenvalue weighted by atomic mass is 32.2. The van der Waals surface area contributed by atoms with E-state index >= 15 is 0 Å². The Hall–Kier alpha value is -5.56. The molecule has 0 aliphatic carbocycles. The molecule has 0 aliphatic heterocycles. The van der Waals surface area contributed by atoms with E-state index in [1.807, 2.05) is 30.3 Å². The van der Waals surface area contributed by atoms with Crippen LogP contribution in [-0.4, -0.2) is 45.8 Å². The summed E-state index contributed by atoms with van der Waals surface area (Å²) in [5.74, 6) is -0.283. The van der Waals surface area contributed by atoms with Crippen molar-refractivity contribution in [3.05, 3.63) is 146 Å². The molecule has 0 radical (unpaired) electrons. The highest BCUT2D eigenvalue weighted by molar-refractivity contribution is 7.98. The first-order valence-corrected chi connectivity index (χ1v) is 14.4. The maximum atomic E-state index is 13.3. The van der Waals surface area contributed by atoms with Crippen molar-refractivity contribution < 1.29 is 24.2 Å². The minimum Gasteiger partial charge on any atom is -0.458 e. The first-order chi connectivity index (χ1) is 21.3. The summed E-state index contributed by atoms with van der Waals surface area (Å²) in [7, 11) is 0. The molecule has 0 saturated heterocycles. The van der Waals surface area contributed by atoms with Crippen molar-refractivity contribution in [2.75, 3.05) is 17.8 Å². The molecule has 1 amide bonds. The number of amides is 1. The number of carbonyl (C=O) groups is 2. The van der Waals surface area contributed by atoms with Gasteiger partial charge in [0.25, 0.3) is 11.6 Å². The van der Waals surface area contributed by atoms with Crippen LogP contribution in [0.15, 0.2) is 114 Å². The lowest BCUT2D eigenvalue weighted by Gasteiger charge is -2.18. The number of anilines is 1. The van der Waals surface area contributed by atoms with Gasteiger partial charge in [-0.2, -0.15) is 16.9 Å². The van der Waals surface area contributed by atoms with Gasteiger partial charge in [-0.1, -0.05) is 78.9 Å². The summed E-state index contributed by atoms with van der Waals surface area (Å²) in [4.78, 5) is 47.4.